The van der Waals surface area contributed by atoms with Crippen LogP contribution in [0.2, 0.25) is 0 Å². The van der Waals surface area contributed by atoms with Gasteiger partial charge < -0.3 is 46.6 Å². The van der Waals surface area contributed by atoms with Crippen molar-refractivity contribution in [1.82, 2.24) is 31.9 Å². The molecule has 300 valence electrons. The van der Waals surface area contributed by atoms with Gasteiger partial charge in [-0.05, 0) is 66.1 Å². The molecule has 3 atom stereocenters. The van der Waals surface area contributed by atoms with Gasteiger partial charge in [-0.2, -0.15) is 0 Å². The van der Waals surface area contributed by atoms with Crippen LogP contribution >= 0.6 is 0 Å². The molecule has 15 heteroatoms. The molecule has 4 bridgehead atoms. The molecule has 1 fully saturated rings. The van der Waals surface area contributed by atoms with Crippen LogP contribution in [0.4, 0.5) is 0 Å². The Morgan fingerprint density at radius 2 is 1.66 bits per heavy atom. The molecule has 3 heterocycles. The van der Waals surface area contributed by atoms with E-state index in [1.807, 2.05) is 36.4 Å². The lowest BCUT2D eigenvalue weighted by Crippen LogP contribution is -2.50. The Morgan fingerprint density at radius 3 is 2.43 bits per heavy atom. The van der Waals surface area contributed by atoms with E-state index in [1.54, 1.807) is 24.3 Å². The van der Waals surface area contributed by atoms with Crippen molar-refractivity contribution < 1.29 is 38.2 Å². The number of amides is 5. The van der Waals surface area contributed by atoms with Crippen LogP contribution in [-0.2, 0) is 61.1 Å². The summed E-state index contributed by atoms with van der Waals surface area (Å²) in [5, 5.41) is 28.1. The van der Waals surface area contributed by atoms with E-state index >= 15 is 0 Å². The Hall–Kier alpha value is -5.35. The number of benzene rings is 2. The number of carbonyl (C=O) groups is 5. The second-order valence-electron chi connectivity index (χ2n) is 14.1. The maximum absolute atomic E-state index is 13.7. The number of aliphatic hydroxyl groups is 1. The largest absolute Gasteiger partial charge is 0.469 e. The summed E-state index contributed by atoms with van der Waals surface area (Å²) in [4.78, 5) is 66.8. The topological polar surface area (TPSA) is 226 Å². The normalized spacial score (nSPS) is 23.7. The van der Waals surface area contributed by atoms with Gasteiger partial charge in [0.1, 0.15) is 24.1 Å². The van der Waals surface area contributed by atoms with Crippen LogP contribution in [0.25, 0.3) is 0 Å². The zero-order valence-electron chi connectivity index (χ0n) is 31.5. The molecular weight excluding hydrogens is 718 g/mol. The molecule has 1 unspecified atom stereocenters. The SMILES string of the molecule is NCCOCCNC(=O)[C@@H]1Cc2cccc(c2)CNC(=O)/C=C/C(O)NC2CCC(CC2)C(=O)N[C@@H](Cc2ccco2)C(=O)NCc2ccccc2CC(=O)N1. The monoisotopic (exact) mass is 771 g/mol. The first-order valence-corrected chi connectivity index (χ1v) is 19.2. The number of rotatable bonds is 8. The Kier molecular flexibility index (Phi) is 16.2. The molecule has 0 saturated heterocycles. The smallest absolute Gasteiger partial charge is 0.244 e. The van der Waals surface area contributed by atoms with Gasteiger partial charge in [0.05, 0.1) is 25.9 Å². The molecule has 1 aromatic heterocycles. The second kappa shape index (κ2) is 21.7. The molecule has 56 heavy (non-hydrogen) atoms. The highest BCUT2D eigenvalue weighted by molar-refractivity contribution is 5.90. The highest BCUT2D eigenvalue weighted by Crippen LogP contribution is 2.25. The van der Waals surface area contributed by atoms with Crippen LogP contribution < -0.4 is 37.6 Å². The van der Waals surface area contributed by atoms with Crippen LogP contribution in [0.3, 0.4) is 0 Å². The zero-order chi connectivity index (χ0) is 39.7. The minimum atomic E-state index is -1.07. The average molecular weight is 772 g/mol. The molecule has 0 radical (unpaired) electrons. The number of carbonyl (C=O) groups excluding carboxylic acids is 5. The number of nitrogens with one attached hydrogen (secondary N) is 6. The van der Waals surface area contributed by atoms with E-state index in [9.17, 15) is 29.1 Å². The number of aliphatic hydroxyl groups excluding tert-OH is 1. The molecule has 6 rings (SSSR count). The average Bonchev–Trinajstić information content (AvgIpc) is 3.71. The Bertz CT molecular complexity index is 1790. The second-order valence-corrected chi connectivity index (χ2v) is 14.1. The van der Waals surface area contributed by atoms with Crippen molar-refractivity contribution in [1.29, 1.82) is 0 Å². The van der Waals surface area contributed by atoms with Gasteiger partial charge in [-0.3, -0.25) is 29.3 Å². The summed E-state index contributed by atoms with van der Waals surface area (Å²) in [6.45, 7) is 1.48. The fourth-order valence-corrected chi connectivity index (χ4v) is 6.87. The Labute approximate surface area is 326 Å². The summed E-state index contributed by atoms with van der Waals surface area (Å²) >= 11 is 0. The van der Waals surface area contributed by atoms with E-state index < -0.39 is 41.9 Å². The Balaban J connectivity index is 1.36. The maximum Gasteiger partial charge on any atom is 0.244 e. The van der Waals surface area contributed by atoms with Crippen molar-refractivity contribution in [2.45, 2.75) is 82.4 Å². The van der Waals surface area contributed by atoms with Crippen molar-refractivity contribution >= 4 is 29.5 Å². The predicted molar refractivity (Wildman–Crippen MR) is 207 cm³/mol. The van der Waals surface area contributed by atoms with E-state index in [2.05, 4.69) is 31.9 Å². The maximum atomic E-state index is 13.7. The van der Waals surface area contributed by atoms with Gasteiger partial charge in [0.2, 0.25) is 29.5 Å². The number of ether oxygens (including phenoxy) is 1. The van der Waals surface area contributed by atoms with Crippen molar-refractivity contribution in [2.75, 3.05) is 26.3 Å². The first-order chi connectivity index (χ1) is 27.2. The van der Waals surface area contributed by atoms with Crippen LogP contribution in [-0.4, -0.2) is 85.3 Å². The first kappa shape index (κ1) is 41.8. The molecule has 1 aliphatic carbocycles. The van der Waals surface area contributed by atoms with Crippen molar-refractivity contribution in [3.63, 3.8) is 0 Å². The van der Waals surface area contributed by atoms with Gasteiger partial charge >= 0.3 is 0 Å². The van der Waals surface area contributed by atoms with Crippen LogP contribution in [0.1, 0.15) is 53.7 Å². The summed E-state index contributed by atoms with van der Waals surface area (Å²) in [6.07, 6.45) is 5.68. The molecule has 2 aliphatic heterocycles. The highest BCUT2D eigenvalue weighted by Gasteiger charge is 2.31. The third-order valence-corrected chi connectivity index (χ3v) is 9.83. The number of nitrogens with two attached hydrogens (primary N) is 1. The van der Waals surface area contributed by atoms with Crippen LogP contribution in [0.5, 0.6) is 0 Å². The summed E-state index contributed by atoms with van der Waals surface area (Å²) in [5.74, 6) is -1.63. The molecular formula is C41H53N7O8. The molecule has 9 N–H and O–H groups in total. The minimum Gasteiger partial charge on any atom is -0.469 e. The van der Waals surface area contributed by atoms with Crippen molar-refractivity contribution in [3.8, 4) is 0 Å². The lowest BCUT2D eigenvalue weighted by molar-refractivity contribution is -0.132. The van der Waals surface area contributed by atoms with E-state index in [4.69, 9.17) is 14.9 Å². The van der Waals surface area contributed by atoms with Gasteiger partial charge in [-0.15, -0.1) is 0 Å². The minimum absolute atomic E-state index is 0.0617. The quantitative estimate of drug-likeness (QED) is 0.149. The van der Waals surface area contributed by atoms with Crippen LogP contribution in [0, 0.1) is 5.92 Å². The number of hydrogen-bond donors (Lipinski definition) is 8. The fourth-order valence-electron chi connectivity index (χ4n) is 6.87. The van der Waals surface area contributed by atoms with Gasteiger partial charge in [0.15, 0.2) is 0 Å². The van der Waals surface area contributed by atoms with E-state index in [0.717, 1.165) is 11.1 Å². The van der Waals surface area contributed by atoms with E-state index in [0.29, 0.717) is 55.7 Å². The van der Waals surface area contributed by atoms with Gasteiger partial charge in [-0.1, -0.05) is 48.5 Å². The molecule has 3 aromatic rings. The highest BCUT2D eigenvalue weighted by atomic mass is 16.5. The molecule has 5 amide bonds. The molecule has 2 aromatic carbocycles. The third kappa shape index (κ3) is 13.4. The summed E-state index contributed by atoms with van der Waals surface area (Å²) in [5.41, 5.74) is 8.39. The summed E-state index contributed by atoms with van der Waals surface area (Å²) in [6, 6.07) is 16.1. The standard InChI is InChI=1S/C41H53N7O8/c42-16-19-55-20-17-43-40(53)34-22-27-5-3-6-28(21-27)25-44-36(49)14-15-37(50)46-32-12-10-29(11-13-32)39(52)48-35(24-33-9-4-18-56-33)41(54)45-26-31-8-2-1-7-30(31)23-38(51)47-34/h1-9,14-15,18,21,29,32,34-35,37,46,50H,10-13,16-17,19-20,22-26,42H2,(H,43,53)(H,44,49)(H,45,54)(H,47,51)(H,48,52)/b15-14+/t29?,32?,34-,35-,37?/m0/s1. The van der Waals surface area contributed by atoms with E-state index in [-0.39, 0.29) is 63.4 Å². The number of hydrogen-bond acceptors (Lipinski definition) is 10. The molecule has 15 nitrogen and oxygen atoms in total. The number of fused-ring (bicyclic) bond motifs is 16. The van der Waals surface area contributed by atoms with Crippen molar-refractivity contribution in [3.05, 3.63) is 107 Å². The third-order valence-electron chi connectivity index (χ3n) is 9.83. The summed E-state index contributed by atoms with van der Waals surface area (Å²) < 4.78 is 10.9. The lowest BCUT2D eigenvalue weighted by atomic mass is 9.85. The fraction of sp³-hybridized carbons (Fsp3) is 0.439. The first-order valence-electron chi connectivity index (χ1n) is 19.2. The number of furan rings is 1. The Morgan fingerprint density at radius 1 is 0.875 bits per heavy atom. The zero-order valence-corrected chi connectivity index (χ0v) is 31.5. The lowest BCUT2D eigenvalue weighted by Gasteiger charge is -2.30. The summed E-state index contributed by atoms with van der Waals surface area (Å²) in [7, 11) is 0. The van der Waals surface area contributed by atoms with Crippen LogP contribution in [0.15, 0.2) is 83.5 Å². The van der Waals surface area contributed by atoms with Crippen molar-refractivity contribution in [2.24, 2.45) is 11.7 Å². The van der Waals surface area contributed by atoms with Gasteiger partial charge in [0.25, 0.3) is 0 Å². The van der Waals surface area contributed by atoms with E-state index in [1.165, 1.54) is 18.4 Å². The van der Waals surface area contributed by atoms with Gasteiger partial charge in [-0.25, -0.2) is 0 Å². The molecule has 1 saturated carbocycles. The predicted octanol–water partition coefficient (Wildman–Crippen LogP) is 0.638. The van der Waals surface area contributed by atoms with Gasteiger partial charge in [0, 0.05) is 57.1 Å². The molecule has 0 spiro atoms. The molecule has 3 aliphatic rings.